The SMILES string of the molecule is COc1ccc(-c2ccccc2)c2sc(NC(=O)c3ccc(CN4CCSCC4)cc3)nc12. The molecule has 1 aliphatic heterocycles. The summed E-state index contributed by atoms with van der Waals surface area (Å²) in [6.07, 6.45) is 0. The van der Waals surface area contributed by atoms with Crippen LogP contribution in [0.1, 0.15) is 15.9 Å². The van der Waals surface area contributed by atoms with E-state index in [-0.39, 0.29) is 5.91 Å². The van der Waals surface area contributed by atoms with Gasteiger partial charge < -0.3 is 4.74 Å². The van der Waals surface area contributed by atoms with Gasteiger partial charge in [0.15, 0.2) is 5.13 Å². The number of carbonyl (C=O) groups excluding carboxylic acids is 1. The average molecular weight is 476 g/mol. The number of thioether (sulfide) groups is 1. The van der Waals surface area contributed by atoms with E-state index >= 15 is 0 Å². The van der Waals surface area contributed by atoms with Gasteiger partial charge in [-0.05, 0) is 35.4 Å². The highest BCUT2D eigenvalue weighted by Crippen LogP contribution is 2.39. The Hall–Kier alpha value is -2.87. The van der Waals surface area contributed by atoms with E-state index in [1.54, 1.807) is 7.11 Å². The maximum Gasteiger partial charge on any atom is 0.257 e. The molecule has 0 saturated carbocycles. The van der Waals surface area contributed by atoms with Crippen LogP contribution in [0.15, 0.2) is 66.7 Å². The molecular weight excluding hydrogens is 450 g/mol. The second kappa shape index (κ2) is 9.95. The molecule has 7 heteroatoms. The van der Waals surface area contributed by atoms with Gasteiger partial charge in [-0.3, -0.25) is 15.0 Å². The first-order valence-electron chi connectivity index (χ1n) is 10.9. The molecule has 1 aliphatic rings. The molecule has 2 heterocycles. The van der Waals surface area contributed by atoms with Crippen LogP contribution < -0.4 is 10.1 Å². The average Bonchev–Trinajstić information content (AvgIpc) is 3.28. The maximum atomic E-state index is 12.9. The van der Waals surface area contributed by atoms with Crippen molar-refractivity contribution in [3.05, 3.63) is 77.9 Å². The maximum absolute atomic E-state index is 12.9. The number of ether oxygens (including phenoxy) is 1. The molecular formula is C26H25N3O2S2. The standard InChI is InChI=1S/C26H25N3O2S2/c1-31-22-12-11-21(19-5-3-2-4-6-19)24-23(22)27-26(33-24)28-25(30)20-9-7-18(8-10-20)17-29-13-15-32-16-14-29/h2-12H,13-17H2,1H3,(H,27,28,30). The second-order valence-corrected chi connectivity index (χ2v) is 10.1. The molecule has 0 aliphatic carbocycles. The number of amides is 1. The van der Waals surface area contributed by atoms with E-state index in [1.807, 2.05) is 66.4 Å². The number of hydrogen-bond donors (Lipinski definition) is 1. The van der Waals surface area contributed by atoms with Crippen LogP contribution in [0, 0.1) is 0 Å². The zero-order valence-electron chi connectivity index (χ0n) is 18.4. The number of carbonyl (C=O) groups is 1. The zero-order chi connectivity index (χ0) is 22.6. The third kappa shape index (κ3) is 4.90. The van der Waals surface area contributed by atoms with Gasteiger partial charge in [0.2, 0.25) is 0 Å². The molecule has 1 amide bonds. The zero-order valence-corrected chi connectivity index (χ0v) is 20.0. The fraction of sp³-hybridized carbons (Fsp3) is 0.231. The first kappa shape index (κ1) is 21.9. The van der Waals surface area contributed by atoms with Crippen molar-refractivity contribution in [2.45, 2.75) is 6.54 Å². The summed E-state index contributed by atoms with van der Waals surface area (Å²) in [5.74, 6) is 2.93. The third-order valence-electron chi connectivity index (χ3n) is 5.76. The van der Waals surface area contributed by atoms with E-state index in [2.05, 4.69) is 27.3 Å². The number of aromatic nitrogens is 1. The van der Waals surface area contributed by atoms with Crippen molar-refractivity contribution in [2.75, 3.05) is 37.0 Å². The Balaban J connectivity index is 1.36. The van der Waals surface area contributed by atoms with Gasteiger partial charge in [-0.2, -0.15) is 11.8 Å². The highest BCUT2D eigenvalue weighted by Gasteiger charge is 2.17. The summed E-state index contributed by atoms with van der Waals surface area (Å²) in [5.41, 5.74) is 4.80. The number of nitrogens with zero attached hydrogens (tertiary/aromatic N) is 2. The van der Waals surface area contributed by atoms with Gasteiger partial charge >= 0.3 is 0 Å². The molecule has 1 saturated heterocycles. The van der Waals surface area contributed by atoms with E-state index in [0.29, 0.717) is 16.4 Å². The normalized spacial score (nSPS) is 14.3. The number of methoxy groups -OCH3 is 1. The molecule has 1 aromatic heterocycles. The molecule has 5 rings (SSSR count). The Morgan fingerprint density at radius 3 is 2.52 bits per heavy atom. The minimum absolute atomic E-state index is 0.157. The van der Waals surface area contributed by atoms with Gasteiger partial charge in [0.25, 0.3) is 5.91 Å². The smallest absolute Gasteiger partial charge is 0.257 e. The van der Waals surface area contributed by atoms with Crippen molar-refractivity contribution in [3.63, 3.8) is 0 Å². The number of hydrogen-bond acceptors (Lipinski definition) is 6. The van der Waals surface area contributed by atoms with Crippen molar-refractivity contribution in [1.29, 1.82) is 0 Å². The van der Waals surface area contributed by atoms with Crippen molar-refractivity contribution < 1.29 is 9.53 Å². The van der Waals surface area contributed by atoms with Crippen LogP contribution >= 0.6 is 23.1 Å². The van der Waals surface area contributed by atoms with Crippen LogP contribution in [0.3, 0.4) is 0 Å². The summed E-state index contributed by atoms with van der Waals surface area (Å²) in [4.78, 5) is 20.1. The summed E-state index contributed by atoms with van der Waals surface area (Å²) in [5, 5.41) is 3.54. The van der Waals surface area contributed by atoms with E-state index in [4.69, 9.17) is 4.74 Å². The van der Waals surface area contributed by atoms with Gasteiger partial charge in [-0.25, -0.2) is 4.98 Å². The Morgan fingerprint density at radius 2 is 1.79 bits per heavy atom. The summed E-state index contributed by atoms with van der Waals surface area (Å²) >= 11 is 3.48. The molecule has 0 bridgehead atoms. The highest BCUT2D eigenvalue weighted by atomic mass is 32.2. The van der Waals surface area contributed by atoms with Gasteiger partial charge in [-0.1, -0.05) is 53.8 Å². The largest absolute Gasteiger partial charge is 0.494 e. The summed E-state index contributed by atoms with van der Waals surface area (Å²) < 4.78 is 6.51. The predicted molar refractivity (Wildman–Crippen MR) is 139 cm³/mol. The number of nitrogens with one attached hydrogen (secondary N) is 1. The minimum Gasteiger partial charge on any atom is -0.494 e. The Labute approximate surface area is 201 Å². The van der Waals surface area contributed by atoms with Crippen LogP contribution in [0.4, 0.5) is 5.13 Å². The fourth-order valence-corrected chi connectivity index (χ4v) is 5.99. The molecule has 1 N–H and O–H groups in total. The molecule has 168 valence electrons. The Kier molecular flexibility index (Phi) is 6.62. The molecule has 3 aromatic carbocycles. The van der Waals surface area contributed by atoms with E-state index in [1.165, 1.54) is 28.4 Å². The van der Waals surface area contributed by atoms with Crippen LogP contribution in [0.2, 0.25) is 0 Å². The van der Waals surface area contributed by atoms with Gasteiger partial charge in [-0.15, -0.1) is 0 Å². The molecule has 0 radical (unpaired) electrons. The lowest BCUT2D eigenvalue weighted by Crippen LogP contribution is -2.31. The molecule has 5 nitrogen and oxygen atoms in total. The quantitative estimate of drug-likeness (QED) is 0.383. The van der Waals surface area contributed by atoms with Crippen molar-refractivity contribution >= 4 is 44.4 Å². The number of rotatable bonds is 6. The number of benzene rings is 3. The van der Waals surface area contributed by atoms with Crippen molar-refractivity contribution in [1.82, 2.24) is 9.88 Å². The molecule has 0 unspecified atom stereocenters. The third-order valence-corrected chi connectivity index (χ3v) is 7.70. The van der Waals surface area contributed by atoms with Crippen molar-refractivity contribution in [3.8, 4) is 16.9 Å². The van der Waals surface area contributed by atoms with E-state index in [9.17, 15) is 4.79 Å². The first-order chi connectivity index (χ1) is 16.2. The molecule has 1 fully saturated rings. The summed E-state index contributed by atoms with van der Waals surface area (Å²) in [7, 11) is 1.64. The summed E-state index contributed by atoms with van der Waals surface area (Å²) in [6.45, 7) is 3.18. The molecule has 4 aromatic rings. The van der Waals surface area contributed by atoms with Gasteiger partial charge in [0.1, 0.15) is 11.3 Å². The lowest BCUT2D eigenvalue weighted by molar-refractivity contribution is 0.102. The summed E-state index contributed by atoms with van der Waals surface area (Å²) in [6, 6.07) is 22.0. The molecule has 0 spiro atoms. The Bertz CT molecular complexity index is 1250. The van der Waals surface area contributed by atoms with Gasteiger partial charge in [0.05, 0.1) is 11.8 Å². The lowest BCUT2D eigenvalue weighted by atomic mass is 10.1. The highest BCUT2D eigenvalue weighted by molar-refractivity contribution is 7.99. The van der Waals surface area contributed by atoms with E-state index < -0.39 is 0 Å². The fourth-order valence-electron chi connectivity index (χ4n) is 3.99. The minimum atomic E-state index is -0.157. The van der Waals surface area contributed by atoms with Crippen LogP contribution in [-0.4, -0.2) is 47.5 Å². The van der Waals surface area contributed by atoms with Crippen LogP contribution in [-0.2, 0) is 6.54 Å². The van der Waals surface area contributed by atoms with Crippen LogP contribution in [0.5, 0.6) is 5.75 Å². The monoisotopic (exact) mass is 475 g/mol. The Morgan fingerprint density at radius 1 is 1.03 bits per heavy atom. The molecule has 0 atom stereocenters. The second-order valence-electron chi connectivity index (χ2n) is 7.92. The molecule has 33 heavy (non-hydrogen) atoms. The van der Waals surface area contributed by atoms with Crippen LogP contribution in [0.25, 0.3) is 21.3 Å². The number of anilines is 1. The lowest BCUT2D eigenvalue weighted by Gasteiger charge is -2.26. The van der Waals surface area contributed by atoms with E-state index in [0.717, 1.165) is 41.0 Å². The topological polar surface area (TPSA) is 54.5 Å². The first-order valence-corrected chi connectivity index (χ1v) is 12.9. The van der Waals surface area contributed by atoms with Gasteiger partial charge in [0, 0.05) is 42.3 Å². The predicted octanol–water partition coefficient (Wildman–Crippen LogP) is 5.77. The number of fused-ring (bicyclic) bond motifs is 1. The number of thiazole rings is 1. The van der Waals surface area contributed by atoms with Crippen molar-refractivity contribution in [2.24, 2.45) is 0 Å².